The van der Waals surface area contributed by atoms with Gasteiger partial charge in [-0.1, -0.05) is 11.8 Å². The number of hydrogen-bond donors (Lipinski definition) is 1. The first kappa shape index (κ1) is 22.6. The lowest BCUT2D eigenvalue weighted by Crippen LogP contribution is -2.60. The Morgan fingerprint density at radius 3 is 2.62 bits per heavy atom. The maximum atomic E-state index is 12.7. The van der Waals surface area contributed by atoms with E-state index in [4.69, 9.17) is 9.47 Å². The number of rotatable bonds is 6. The third kappa shape index (κ3) is 4.67. The first-order chi connectivity index (χ1) is 13.5. The topological polar surface area (TPSA) is 110 Å². The van der Waals surface area contributed by atoms with Gasteiger partial charge >= 0.3 is 11.9 Å². The van der Waals surface area contributed by atoms with E-state index in [-0.39, 0.29) is 22.2 Å². The van der Waals surface area contributed by atoms with Crippen LogP contribution >= 0.6 is 23.5 Å². The lowest BCUT2D eigenvalue weighted by Gasteiger charge is -2.43. The predicted molar refractivity (Wildman–Crippen MR) is 111 cm³/mol. The minimum Gasteiger partial charge on any atom is -0.427 e. The quantitative estimate of drug-likeness (QED) is 0.355. The van der Waals surface area contributed by atoms with E-state index in [0.29, 0.717) is 15.7 Å². The van der Waals surface area contributed by atoms with Crippen LogP contribution in [-0.2, 0) is 34.7 Å². The molecule has 3 heterocycles. The summed E-state index contributed by atoms with van der Waals surface area (Å²) < 4.78 is 22.4. The van der Waals surface area contributed by atoms with Crippen LogP contribution in [0.3, 0.4) is 0 Å². The molecule has 0 aromatic rings. The van der Waals surface area contributed by atoms with E-state index in [2.05, 4.69) is 0 Å². The second kappa shape index (κ2) is 8.60. The second-order valence-corrected chi connectivity index (χ2v) is 12.5. The number of thioether (sulfide) groups is 2. The second-order valence-electron chi connectivity index (χ2n) is 8.19. The monoisotopic (exact) mass is 463 g/mol. The summed E-state index contributed by atoms with van der Waals surface area (Å²) in [5.41, 5.74) is -0.604. The molecular weight excluding hydrogens is 438 g/mol. The molecule has 0 aromatic carbocycles. The molecule has 3 aliphatic rings. The normalized spacial score (nSPS) is 30.1. The van der Waals surface area contributed by atoms with Crippen molar-refractivity contribution < 1.29 is 33.2 Å². The molecule has 1 N–H and O–H groups in total. The SMILES string of the molecule is C[C@@H](O)[C@H]1C(=O)N2C(C(=O)OCOC(=O)C(C)(C)C)=C(S[C@@H]3CCS(=O)C3)S[C@H]12. The molecule has 162 valence electrons. The first-order valence-electron chi connectivity index (χ1n) is 9.28. The highest BCUT2D eigenvalue weighted by atomic mass is 32.2. The zero-order valence-electron chi connectivity index (χ0n) is 16.7. The smallest absolute Gasteiger partial charge is 0.359 e. The molecular formula is C18H25NO7S3. The van der Waals surface area contributed by atoms with Crippen LogP contribution in [0.1, 0.15) is 34.1 Å². The van der Waals surface area contributed by atoms with E-state index in [9.17, 15) is 23.7 Å². The number of esters is 2. The summed E-state index contributed by atoms with van der Waals surface area (Å²) >= 11 is 2.78. The Kier molecular flexibility index (Phi) is 6.72. The van der Waals surface area contributed by atoms with Crippen LogP contribution in [0.5, 0.6) is 0 Å². The Morgan fingerprint density at radius 1 is 1.38 bits per heavy atom. The molecule has 11 heteroatoms. The van der Waals surface area contributed by atoms with Gasteiger partial charge in [0.15, 0.2) is 5.70 Å². The standard InChI is InChI=1S/C18H25NO7S3/c1-9(20)11-13(21)19-12(15(22)25-8-26-17(23)18(2,3)4)16(28-14(11)19)27-10-5-6-29(24)7-10/h9-11,14,20H,5-8H2,1-4H3/t9-,10-,11+,14-,29?/m1/s1. The summed E-state index contributed by atoms with van der Waals surface area (Å²) in [5, 5.41) is 9.63. The number of β-lactam (4-membered cyclic amide) rings is 1. The summed E-state index contributed by atoms with van der Waals surface area (Å²) in [5.74, 6) is -1.01. The van der Waals surface area contributed by atoms with E-state index < -0.39 is 47.0 Å². The van der Waals surface area contributed by atoms with Crippen LogP contribution < -0.4 is 0 Å². The summed E-state index contributed by atoms with van der Waals surface area (Å²) in [4.78, 5) is 38.4. The molecule has 3 aliphatic heterocycles. The zero-order valence-corrected chi connectivity index (χ0v) is 19.2. The van der Waals surface area contributed by atoms with Gasteiger partial charge in [-0.15, -0.1) is 11.8 Å². The number of aliphatic hydroxyl groups excluding tert-OH is 1. The Morgan fingerprint density at radius 2 is 2.07 bits per heavy atom. The largest absolute Gasteiger partial charge is 0.427 e. The molecule has 1 unspecified atom stereocenters. The fourth-order valence-corrected chi connectivity index (χ4v) is 8.37. The van der Waals surface area contributed by atoms with Gasteiger partial charge in [0.1, 0.15) is 5.37 Å². The van der Waals surface area contributed by atoms with Crippen molar-refractivity contribution in [3.8, 4) is 0 Å². The Hall–Kier alpha value is -1.04. The van der Waals surface area contributed by atoms with Gasteiger partial charge < -0.3 is 14.6 Å². The highest BCUT2D eigenvalue weighted by molar-refractivity contribution is 8.23. The van der Waals surface area contributed by atoms with Crippen molar-refractivity contribution in [3.63, 3.8) is 0 Å². The molecule has 8 nitrogen and oxygen atoms in total. The van der Waals surface area contributed by atoms with Gasteiger partial charge in [0.05, 0.1) is 21.7 Å². The molecule has 0 bridgehead atoms. The lowest BCUT2D eigenvalue weighted by atomic mass is 9.92. The van der Waals surface area contributed by atoms with E-state index in [1.54, 1.807) is 27.7 Å². The minimum absolute atomic E-state index is 0.0960. The molecule has 5 atom stereocenters. The van der Waals surface area contributed by atoms with Gasteiger partial charge in [0, 0.05) is 27.6 Å². The number of hydrogen-bond acceptors (Lipinski definition) is 9. The number of aliphatic hydroxyl groups is 1. The number of nitrogens with zero attached hydrogens (tertiary/aromatic N) is 1. The van der Waals surface area contributed by atoms with Gasteiger partial charge in [-0.2, -0.15) is 0 Å². The van der Waals surface area contributed by atoms with E-state index in [0.717, 1.165) is 6.42 Å². The molecule has 2 fully saturated rings. The first-order valence-corrected chi connectivity index (χ1v) is 12.5. The number of carbonyl (C=O) groups is 3. The molecule has 0 aliphatic carbocycles. The van der Waals surface area contributed by atoms with Gasteiger partial charge in [0.2, 0.25) is 12.7 Å². The fourth-order valence-electron chi connectivity index (χ4n) is 3.13. The number of carbonyl (C=O) groups excluding carboxylic acids is 3. The molecule has 0 saturated carbocycles. The van der Waals surface area contributed by atoms with Crippen LogP contribution in [0.2, 0.25) is 0 Å². The highest BCUT2D eigenvalue weighted by Crippen LogP contribution is 2.55. The van der Waals surface area contributed by atoms with Crippen molar-refractivity contribution in [2.75, 3.05) is 18.3 Å². The van der Waals surface area contributed by atoms with Gasteiger partial charge in [-0.3, -0.25) is 18.7 Å². The third-order valence-electron chi connectivity index (χ3n) is 4.76. The predicted octanol–water partition coefficient (Wildman–Crippen LogP) is 1.41. The van der Waals surface area contributed by atoms with Crippen LogP contribution in [0.4, 0.5) is 0 Å². The van der Waals surface area contributed by atoms with Gasteiger partial charge in [-0.25, -0.2) is 4.79 Å². The van der Waals surface area contributed by atoms with Crippen LogP contribution in [0, 0.1) is 11.3 Å². The molecule has 3 rings (SSSR count). The van der Waals surface area contributed by atoms with Crippen LogP contribution in [0.25, 0.3) is 0 Å². The molecule has 0 radical (unpaired) electrons. The number of ether oxygens (including phenoxy) is 2. The minimum atomic E-state index is -0.864. The van der Waals surface area contributed by atoms with Crippen molar-refractivity contribution >= 4 is 52.2 Å². The van der Waals surface area contributed by atoms with E-state index >= 15 is 0 Å². The Labute approximate surface area is 180 Å². The highest BCUT2D eigenvalue weighted by Gasteiger charge is 2.58. The average Bonchev–Trinajstić information content (AvgIpc) is 3.15. The van der Waals surface area contributed by atoms with Crippen molar-refractivity contribution in [1.29, 1.82) is 0 Å². The molecule has 1 amide bonds. The van der Waals surface area contributed by atoms with E-state index in [1.165, 1.54) is 28.4 Å². The molecule has 2 saturated heterocycles. The van der Waals surface area contributed by atoms with Crippen molar-refractivity contribution in [2.45, 2.75) is 50.8 Å². The summed E-state index contributed by atoms with van der Waals surface area (Å²) in [7, 11) is -0.864. The average molecular weight is 464 g/mol. The third-order valence-corrected chi connectivity index (χ3v) is 9.31. The maximum absolute atomic E-state index is 12.7. The Balaban J connectivity index is 1.72. The number of fused-ring (bicyclic) bond motifs is 1. The molecule has 0 spiro atoms. The number of amides is 1. The summed E-state index contributed by atoms with van der Waals surface area (Å²) in [6, 6.07) is 0. The van der Waals surface area contributed by atoms with Crippen molar-refractivity contribution in [1.82, 2.24) is 4.90 Å². The summed E-state index contributed by atoms with van der Waals surface area (Å²) in [6.07, 6.45) is -0.0599. The van der Waals surface area contributed by atoms with Crippen molar-refractivity contribution in [3.05, 3.63) is 9.93 Å². The van der Waals surface area contributed by atoms with Crippen LogP contribution in [0.15, 0.2) is 9.93 Å². The lowest BCUT2D eigenvalue weighted by molar-refractivity contribution is -0.174. The maximum Gasteiger partial charge on any atom is 0.359 e. The van der Waals surface area contributed by atoms with Crippen LogP contribution in [-0.4, -0.2) is 67.1 Å². The summed E-state index contributed by atoms with van der Waals surface area (Å²) in [6.45, 7) is 6.07. The Bertz CT molecular complexity index is 774. The van der Waals surface area contributed by atoms with Gasteiger partial charge in [-0.05, 0) is 34.1 Å². The van der Waals surface area contributed by atoms with E-state index in [1.807, 2.05) is 0 Å². The molecule has 0 aromatic heterocycles. The van der Waals surface area contributed by atoms with Gasteiger partial charge in [0.25, 0.3) is 0 Å². The fraction of sp³-hybridized carbons (Fsp3) is 0.722. The van der Waals surface area contributed by atoms with Crippen molar-refractivity contribution in [2.24, 2.45) is 11.3 Å². The molecule has 29 heavy (non-hydrogen) atoms. The zero-order chi connectivity index (χ0) is 21.5.